The topological polar surface area (TPSA) is 72.5 Å². The molecule has 2 heterocycles. The van der Waals surface area contributed by atoms with Crippen LogP contribution < -0.4 is 9.80 Å². The number of nitrogens with one attached hydrogen (secondary N) is 1. The summed E-state index contributed by atoms with van der Waals surface area (Å²) in [5, 5.41) is 17.1. The van der Waals surface area contributed by atoms with E-state index in [1.54, 1.807) is 18.3 Å². The fraction of sp³-hybridized carbons (Fsp3) is 0.167. The van der Waals surface area contributed by atoms with Crippen LogP contribution in [0.25, 0.3) is 10.9 Å². The molecule has 0 fully saturated rings. The number of anilines is 4. The molecule has 0 saturated heterocycles. The summed E-state index contributed by atoms with van der Waals surface area (Å²) in [6.45, 7) is 4.45. The number of fused-ring (bicyclic) bond motifs is 2. The molecule has 162 valence electrons. The molecule has 0 unspecified atom stereocenters. The van der Waals surface area contributed by atoms with Crippen molar-refractivity contribution >= 4 is 39.6 Å². The van der Waals surface area contributed by atoms with Crippen LogP contribution in [0.5, 0.6) is 0 Å². The van der Waals surface area contributed by atoms with Crippen LogP contribution in [0.3, 0.4) is 0 Å². The number of aromatic nitrogens is 2. The van der Waals surface area contributed by atoms with E-state index in [9.17, 15) is 14.3 Å². The van der Waals surface area contributed by atoms with Crippen molar-refractivity contribution in [3.63, 3.8) is 0 Å². The molecule has 0 saturated carbocycles. The highest BCUT2D eigenvalue weighted by Crippen LogP contribution is 2.48. The van der Waals surface area contributed by atoms with Gasteiger partial charge >= 0.3 is 5.97 Å². The summed E-state index contributed by atoms with van der Waals surface area (Å²) in [5.74, 6) is -2.13. The Balaban J connectivity index is 1.73. The number of H-pyrrole nitrogens is 1. The predicted molar refractivity (Wildman–Crippen MR) is 119 cm³/mol. The highest BCUT2D eigenvalue weighted by atomic mass is 19.1. The number of nitrogens with zero attached hydrogens (tertiary/aromatic N) is 3. The number of carboxylic acids is 1. The van der Waals surface area contributed by atoms with Gasteiger partial charge in [0.05, 0.1) is 39.9 Å². The minimum absolute atomic E-state index is 0.111. The number of hydrogen-bond acceptors (Lipinski definition) is 4. The third kappa shape index (κ3) is 3.15. The number of rotatable bonds is 3. The van der Waals surface area contributed by atoms with Crippen LogP contribution in [0, 0.1) is 11.6 Å². The first-order valence-electron chi connectivity index (χ1n) is 10.1. The number of carboxylic acid groups (broad SMARTS) is 1. The molecule has 0 spiro atoms. The number of benzene rings is 3. The van der Waals surface area contributed by atoms with Gasteiger partial charge in [-0.15, -0.1) is 0 Å². The van der Waals surface area contributed by atoms with Gasteiger partial charge in [-0.3, -0.25) is 5.10 Å². The summed E-state index contributed by atoms with van der Waals surface area (Å²) < 4.78 is 28.7. The average molecular weight is 434 g/mol. The summed E-state index contributed by atoms with van der Waals surface area (Å²) in [5.41, 5.74) is 2.79. The van der Waals surface area contributed by atoms with E-state index >= 15 is 4.39 Å². The second-order valence-corrected chi connectivity index (χ2v) is 8.48. The number of halogens is 2. The first-order chi connectivity index (χ1) is 15.2. The minimum atomic E-state index is -1.18. The Bertz CT molecular complexity index is 1350. The normalized spacial score (nSPS) is 15.1. The Morgan fingerprint density at radius 1 is 1.03 bits per heavy atom. The summed E-state index contributed by atoms with van der Waals surface area (Å²) >= 11 is 0. The molecule has 0 amide bonds. The van der Waals surface area contributed by atoms with Gasteiger partial charge in [-0.05, 0) is 68.4 Å². The van der Waals surface area contributed by atoms with Crippen molar-refractivity contribution in [1.82, 2.24) is 10.2 Å². The average Bonchev–Trinajstić information content (AvgIpc) is 3.20. The Morgan fingerprint density at radius 2 is 1.78 bits per heavy atom. The van der Waals surface area contributed by atoms with E-state index in [0.29, 0.717) is 6.54 Å². The lowest BCUT2D eigenvalue weighted by Gasteiger charge is -2.50. The van der Waals surface area contributed by atoms with Crippen LogP contribution in [0.4, 0.5) is 31.5 Å². The number of carbonyl (C=O) groups is 1. The van der Waals surface area contributed by atoms with Gasteiger partial charge in [0.1, 0.15) is 11.6 Å². The smallest absolute Gasteiger partial charge is 0.335 e. The lowest BCUT2D eigenvalue weighted by molar-refractivity contribution is 0.0696. The molecule has 5 rings (SSSR count). The molecule has 0 atom stereocenters. The zero-order chi connectivity index (χ0) is 22.6. The maximum Gasteiger partial charge on any atom is 0.335 e. The standard InChI is InChI=1S/C24H20F2N4O2/c1-24(2)13-29(20-8-3-14(23(31)32)9-18(20)26)21-11-19-15(12-27-28-19)10-22(21)30(24)17-6-4-16(25)5-7-17/h3-12H,13H2,1-2H3,(H,27,28)(H,31,32). The quantitative estimate of drug-likeness (QED) is 0.439. The van der Waals surface area contributed by atoms with Gasteiger partial charge in [-0.1, -0.05) is 0 Å². The van der Waals surface area contributed by atoms with Crippen molar-refractivity contribution < 1.29 is 18.7 Å². The largest absolute Gasteiger partial charge is 0.478 e. The molecule has 1 aliphatic rings. The van der Waals surface area contributed by atoms with Crippen molar-refractivity contribution in [2.24, 2.45) is 0 Å². The molecule has 3 aromatic carbocycles. The van der Waals surface area contributed by atoms with Crippen LogP contribution in [-0.2, 0) is 0 Å². The molecule has 0 aliphatic carbocycles. The zero-order valence-corrected chi connectivity index (χ0v) is 17.4. The monoisotopic (exact) mass is 434 g/mol. The maximum atomic E-state index is 15.1. The van der Waals surface area contributed by atoms with Gasteiger partial charge in [-0.25, -0.2) is 13.6 Å². The summed E-state index contributed by atoms with van der Waals surface area (Å²) in [7, 11) is 0. The highest BCUT2D eigenvalue weighted by molar-refractivity contribution is 5.96. The SMILES string of the molecule is CC1(C)CN(c2ccc(C(=O)O)cc2F)c2cc3[nH]ncc3cc2N1c1ccc(F)cc1. The minimum Gasteiger partial charge on any atom is -0.478 e. The van der Waals surface area contributed by atoms with Crippen molar-refractivity contribution in [2.75, 3.05) is 16.3 Å². The van der Waals surface area contributed by atoms with Crippen LogP contribution in [0.2, 0.25) is 0 Å². The molecule has 1 aliphatic heterocycles. The molecule has 1 aromatic heterocycles. The van der Waals surface area contributed by atoms with Crippen molar-refractivity contribution in [1.29, 1.82) is 0 Å². The van der Waals surface area contributed by atoms with Crippen LogP contribution in [0.15, 0.2) is 60.8 Å². The van der Waals surface area contributed by atoms with Gasteiger partial charge in [-0.2, -0.15) is 5.10 Å². The van der Waals surface area contributed by atoms with Gasteiger partial charge in [0, 0.05) is 17.6 Å². The third-order valence-electron chi connectivity index (χ3n) is 5.79. The Labute approximate surface area is 182 Å². The van der Waals surface area contributed by atoms with E-state index in [-0.39, 0.29) is 17.1 Å². The van der Waals surface area contributed by atoms with Crippen molar-refractivity contribution in [2.45, 2.75) is 19.4 Å². The van der Waals surface area contributed by atoms with Crippen LogP contribution in [0.1, 0.15) is 24.2 Å². The number of aromatic carboxylic acids is 1. The molecule has 0 bridgehead atoms. The van der Waals surface area contributed by atoms with Crippen molar-refractivity contribution in [3.8, 4) is 0 Å². The Hall–Kier alpha value is -3.94. The molecule has 8 heteroatoms. The van der Waals surface area contributed by atoms with E-state index in [1.807, 2.05) is 30.9 Å². The van der Waals surface area contributed by atoms with Crippen molar-refractivity contribution in [3.05, 3.63) is 78.0 Å². The zero-order valence-electron chi connectivity index (χ0n) is 17.4. The molecular formula is C24H20F2N4O2. The lowest BCUT2D eigenvalue weighted by atomic mass is 9.93. The van der Waals surface area contributed by atoms with Gasteiger partial charge in [0.15, 0.2) is 0 Å². The fourth-order valence-electron chi connectivity index (χ4n) is 4.38. The molecule has 2 N–H and O–H groups in total. The van der Waals surface area contributed by atoms with E-state index in [4.69, 9.17) is 0 Å². The first-order valence-corrected chi connectivity index (χ1v) is 10.1. The van der Waals surface area contributed by atoms with E-state index < -0.39 is 17.3 Å². The molecule has 6 nitrogen and oxygen atoms in total. The van der Waals surface area contributed by atoms with Gasteiger partial charge < -0.3 is 14.9 Å². The van der Waals surface area contributed by atoms with Crippen LogP contribution >= 0.6 is 0 Å². The van der Waals surface area contributed by atoms with E-state index in [1.165, 1.54) is 24.3 Å². The second kappa shape index (κ2) is 7.05. The fourth-order valence-corrected chi connectivity index (χ4v) is 4.38. The first kappa shape index (κ1) is 20.0. The lowest BCUT2D eigenvalue weighted by Crippen LogP contribution is -2.52. The third-order valence-corrected chi connectivity index (χ3v) is 5.79. The van der Waals surface area contributed by atoms with Gasteiger partial charge in [0.2, 0.25) is 0 Å². The predicted octanol–water partition coefficient (Wildman–Crippen LogP) is 5.61. The summed E-state index contributed by atoms with van der Waals surface area (Å²) in [6, 6.07) is 14.1. The Morgan fingerprint density at radius 3 is 2.47 bits per heavy atom. The van der Waals surface area contributed by atoms with E-state index in [2.05, 4.69) is 15.1 Å². The van der Waals surface area contributed by atoms with Gasteiger partial charge in [0.25, 0.3) is 0 Å². The second-order valence-electron chi connectivity index (χ2n) is 8.48. The van der Waals surface area contributed by atoms with E-state index in [0.717, 1.165) is 34.0 Å². The Kier molecular flexibility index (Phi) is 4.40. The number of aromatic amines is 1. The molecule has 4 aromatic rings. The number of hydrogen-bond donors (Lipinski definition) is 2. The molecule has 32 heavy (non-hydrogen) atoms. The van der Waals surface area contributed by atoms with Crippen LogP contribution in [-0.4, -0.2) is 33.4 Å². The summed E-state index contributed by atoms with van der Waals surface area (Å²) in [4.78, 5) is 15.2. The summed E-state index contributed by atoms with van der Waals surface area (Å²) in [6.07, 6.45) is 1.71. The molecular weight excluding hydrogens is 414 g/mol. The molecule has 0 radical (unpaired) electrons. The highest BCUT2D eigenvalue weighted by Gasteiger charge is 2.39. The maximum absolute atomic E-state index is 15.1.